The van der Waals surface area contributed by atoms with E-state index in [0.717, 1.165) is 11.0 Å². The summed E-state index contributed by atoms with van der Waals surface area (Å²) in [6, 6.07) is 0.369. The maximum absolute atomic E-state index is 12.4. The van der Waals surface area contributed by atoms with Crippen molar-refractivity contribution in [3.8, 4) is 0 Å². The van der Waals surface area contributed by atoms with Crippen molar-refractivity contribution >= 4 is 11.9 Å². The highest BCUT2D eigenvalue weighted by Crippen LogP contribution is 2.28. The van der Waals surface area contributed by atoms with Crippen molar-refractivity contribution in [2.24, 2.45) is 0 Å². The van der Waals surface area contributed by atoms with Gasteiger partial charge in [0.05, 0.1) is 11.7 Å². The lowest BCUT2D eigenvalue weighted by Crippen LogP contribution is -2.40. The van der Waals surface area contributed by atoms with Crippen molar-refractivity contribution < 1.29 is 33.0 Å². The first kappa shape index (κ1) is 15.2. The molecule has 114 valence electrons. The number of aromatic nitrogens is 1. The summed E-state index contributed by atoms with van der Waals surface area (Å²) in [5, 5.41) is 18.4. The summed E-state index contributed by atoms with van der Waals surface area (Å²) >= 11 is 0. The number of β-amino-alcohol motifs (C(OH)–C–C–N with tert-alkyl or cyclic N) is 1. The van der Waals surface area contributed by atoms with Gasteiger partial charge in [0.1, 0.15) is 11.7 Å². The van der Waals surface area contributed by atoms with Crippen LogP contribution in [0.15, 0.2) is 18.3 Å². The Hall–Kier alpha value is -2.16. The van der Waals surface area contributed by atoms with Gasteiger partial charge in [-0.1, -0.05) is 0 Å². The van der Waals surface area contributed by atoms with Gasteiger partial charge in [-0.15, -0.1) is 0 Å². The Labute approximate surface area is 116 Å². The minimum Gasteiger partial charge on any atom is -0.480 e. The summed E-state index contributed by atoms with van der Waals surface area (Å²) < 4.78 is 37.2. The van der Waals surface area contributed by atoms with E-state index >= 15 is 0 Å². The largest absolute Gasteiger partial charge is 0.480 e. The molecule has 0 saturated carbocycles. The Morgan fingerprint density at radius 1 is 1.33 bits per heavy atom. The van der Waals surface area contributed by atoms with Gasteiger partial charge >= 0.3 is 12.1 Å². The normalized spacial score (nSPS) is 22.4. The lowest BCUT2D eigenvalue weighted by atomic mass is 10.2. The Morgan fingerprint density at radius 2 is 2.00 bits per heavy atom. The van der Waals surface area contributed by atoms with Crippen LogP contribution in [0.3, 0.4) is 0 Å². The second-order valence-corrected chi connectivity index (χ2v) is 4.63. The number of pyridine rings is 1. The second kappa shape index (κ2) is 5.32. The highest BCUT2D eigenvalue weighted by molar-refractivity contribution is 5.95. The maximum atomic E-state index is 12.4. The molecule has 1 aliphatic heterocycles. The molecule has 2 atom stereocenters. The number of aliphatic carboxylic acids is 1. The minimum absolute atomic E-state index is 0.123. The number of aliphatic hydroxyl groups excluding tert-OH is 1. The number of aliphatic hydroxyl groups is 1. The van der Waals surface area contributed by atoms with Crippen LogP contribution < -0.4 is 0 Å². The zero-order chi connectivity index (χ0) is 15.8. The van der Waals surface area contributed by atoms with Gasteiger partial charge in [0, 0.05) is 19.2 Å². The Balaban J connectivity index is 2.22. The summed E-state index contributed by atoms with van der Waals surface area (Å²) in [6.07, 6.45) is -5.16. The third-order valence-electron chi connectivity index (χ3n) is 3.13. The maximum Gasteiger partial charge on any atom is 0.417 e. The predicted molar refractivity (Wildman–Crippen MR) is 62.3 cm³/mol. The first-order chi connectivity index (χ1) is 9.70. The molecule has 2 N–H and O–H groups in total. The molecule has 0 aliphatic carbocycles. The Morgan fingerprint density at radius 3 is 2.48 bits per heavy atom. The molecule has 21 heavy (non-hydrogen) atoms. The van der Waals surface area contributed by atoms with Gasteiger partial charge in [-0.3, -0.25) is 9.78 Å². The van der Waals surface area contributed by atoms with Crippen molar-refractivity contribution in [3.63, 3.8) is 0 Å². The number of rotatable bonds is 2. The van der Waals surface area contributed by atoms with Crippen LogP contribution in [0.1, 0.15) is 22.5 Å². The van der Waals surface area contributed by atoms with Crippen molar-refractivity contribution in [2.45, 2.75) is 24.7 Å². The summed E-state index contributed by atoms with van der Waals surface area (Å²) in [6.45, 7) is -0.196. The number of hydrogen-bond donors (Lipinski definition) is 2. The zero-order valence-corrected chi connectivity index (χ0v) is 10.5. The molecule has 0 spiro atoms. The van der Waals surface area contributed by atoms with Gasteiger partial charge in [-0.25, -0.2) is 4.79 Å². The number of likely N-dealkylation sites (tertiary alicyclic amines) is 1. The van der Waals surface area contributed by atoms with Gasteiger partial charge in [-0.05, 0) is 12.1 Å². The molecule has 0 radical (unpaired) electrons. The van der Waals surface area contributed by atoms with Crippen LogP contribution >= 0.6 is 0 Å². The van der Waals surface area contributed by atoms with E-state index in [-0.39, 0.29) is 18.7 Å². The van der Waals surface area contributed by atoms with Crippen LogP contribution in [-0.2, 0) is 11.0 Å². The van der Waals surface area contributed by atoms with Crippen LogP contribution in [0, 0.1) is 0 Å². The van der Waals surface area contributed by atoms with Crippen molar-refractivity contribution in [1.82, 2.24) is 9.88 Å². The Kier molecular flexibility index (Phi) is 3.86. The molecule has 0 bridgehead atoms. The third-order valence-corrected chi connectivity index (χ3v) is 3.13. The summed E-state index contributed by atoms with van der Waals surface area (Å²) in [5.41, 5.74) is -1.31. The molecule has 2 rings (SSSR count). The van der Waals surface area contributed by atoms with E-state index in [9.17, 15) is 27.9 Å². The molecule has 0 aromatic carbocycles. The van der Waals surface area contributed by atoms with E-state index in [1.807, 2.05) is 0 Å². The molecule has 0 unspecified atom stereocenters. The van der Waals surface area contributed by atoms with Gasteiger partial charge in [0.15, 0.2) is 0 Å². The Bertz CT molecular complexity index is 559. The number of carbonyl (C=O) groups is 2. The summed E-state index contributed by atoms with van der Waals surface area (Å²) in [5.74, 6) is -2.11. The number of alkyl halides is 3. The zero-order valence-electron chi connectivity index (χ0n) is 10.5. The van der Waals surface area contributed by atoms with E-state index in [2.05, 4.69) is 4.98 Å². The number of nitrogens with zero attached hydrogens (tertiary/aromatic N) is 2. The molecular formula is C12H11F3N2O4. The van der Waals surface area contributed by atoms with E-state index in [1.165, 1.54) is 0 Å². The van der Waals surface area contributed by atoms with E-state index < -0.39 is 35.8 Å². The van der Waals surface area contributed by atoms with Crippen molar-refractivity contribution in [3.05, 3.63) is 29.6 Å². The van der Waals surface area contributed by atoms with Crippen molar-refractivity contribution in [2.75, 3.05) is 6.54 Å². The van der Waals surface area contributed by atoms with Crippen LogP contribution in [-0.4, -0.2) is 50.7 Å². The fourth-order valence-corrected chi connectivity index (χ4v) is 2.11. The number of amides is 1. The lowest BCUT2D eigenvalue weighted by molar-refractivity contribution is -0.141. The highest BCUT2D eigenvalue weighted by Gasteiger charge is 2.40. The van der Waals surface area contributed by atoms with E-state index in [4.69, 9.17) is 5.11 Å². The first-order valence-electron chi connectivity index (χ1n) is 5.95. The van der Waals surface area contributed by atoms with E-state index in [0.29, 0.717) is 12.3 Å². The fourth-order valence-electron chi connectivity index (χ4n) is 2.11. The number of halogens is 3. The predicted octanol–water partition coefficient (Wildman–Crippen LogP) is 0.760. The van der Waals surface area contributed by atoms with Gasteiger partial charge < -0.3 is 15.1 Å². The SMILES string of the molecule is O=C(O)[C@H]1C[C@@H](O)CN1C(=O)c1ccc(C(F)(F)F)cn1. The molecule has 1 fully saturated rings. The minimum atomic E-state index is -4.57. The number of carboxylic acids is 1. The highest BCUT2D eigenvalue weighted by atomic mass is 19.4. The molecule has 1 saturated heterocycles. The third kappa shape index (κ3) is 3.13. The van der Waals surface area contributed by atoms with Crippen LogP contribution in [0.4, 0.5) is 13.2 Å². The molecular weight excluding hydrogens is 293 g/mol. The fraction of sp³-hybridized carbons (Fsp3) is 0.417. The lowest BCUT2D eigenvalue weighted by Gasteiger charge is -2.20. The standard InChI is InChI=1S/C12H11F3N2O4/c13-12(14,15)6-1-2-8(16-4-6)10(19)17-5-7(18)3-9(17)11(20)21/h1-2,4,7,9,18H,3,5H2,(H,20,21)/t7-,9-/m1/s1. The number of hydrogen-bond acceptors (Lipinski definition) is 4. The van der Waals surface area contributed by atoms with Crippen LogP contribution in [0.2, 0.25) is 0 Å². The molecule has 6 nitrogen and oxygen atoms in total. The quantitative estimate of drug-likeness (QED) is 0.842. The average Bonchev–Trinajstić information content (AvgIpc) is 2.79. The topological polar surface area (TPSA) is 90.7 Å². The number of carbonyl (C=O) groups excluding carboxylic acids is 1. The van der Waals surface area contributed by atoms with Crippen LogP contribution in [0.5, 0.6) is 0 Å². The van der Waals surface area contributed by atoms with Crippen molar-refractivity contribution in [1.29, 1.82) is 0 Å². The van der Waals surface area contributed by atoms with Crippen LogP contribution in [0.25, 0.3) is 0 Å². The van der Waals surface area contributed by atoms with Gasteiger partial charge in [0.2, 0.25) is 0 Å². The van der Waals surface area contributed by atoms with Gasteiger partial charge in [0.25, 0.3) is 5.91 Å². The molecule has 1 aromatic rings. The molecule has 1 aromatic heterocycles. The van der Waals surface area contributed by atoms with Gasteiger partial charge in [-0.2, -0.15) is 13.2 Å². The smallest absolute Gasteiger partial charge is 0.417 e. The first-order valence-corrected chi connectivity index (χ1v) is 5.95. The summed E-state index contributed by atoms with van der Waals surface area (Å²) in [4.78, 5) is 27.4. The molecule has 2 heterocycles. The number of carboxylic acid groups (broad SMARTS) is 1. The molecule has 1 amide bonds. The van der Waals surface area contributed by atoms with E-state index in [1.54, 1.807) is 0 Å². The summed E-state index contributed by atoms with van der Waals surface area (Å²) in [7, 11) is 0. The average molecular weight is 304 g/mol. The second-order valence-electron chi connectivity index (χ2n) is 4.63. The molecule has 1 aliphatic rings. The monoisotopic (exact) mass is 304 g/mol. The molecule has 9 heteroatoms.